The highest BCUT2D eigenvalue weighted by molar-refractivity contribution is 5.78. The molecule has 0 aliphatic carbocycles. The van der Waals surface area contributed by atoms with Gasteiger partial charge >= 0.3 is 0 Å². The second-order valence-electron chi connectivity index (χ2n) is 7.97. The molecule has 1 aliphatic rings. The smallest absolute Gasteiger partial charge is 0.236 e. The molecule has 8 heteroatoms. The van der Waals surface area contributed by atoms with Crippen molar-refractivity contribution in [3.05, 3.63) is 11.9 Å². The summed E-state index contributed by atoms with van der Waals surface area (Å²) in [6.07, 6.45) is 4.23. The second-order valence-corrected chi connectivity index (χ2v) is 7.97. The first-order chi connectivity index (χ1) is 12.8. The van der Waals surface area contributed by atoms with Crippen molar-refractivity contribution in [1.82, 2.24) is 30.1 Å². The molecule has 0 aromatic carbocycles. The predicted octanol–water partition coefficient (Wildman–Crippen LogP) is 1.30. The summed E-state index contributed by atoms with van der Waals surface area (Å²) in [6.45, 7) is 12.5. The minimum Gasteiger partial charge on any atom is -0.377 e. The number of likely N-dealkylation sites (tertiary alicyclic amines) is 1. The Morgan fingerprint density at radius 1 is 1.33 bits per heavy atom. The van der Waals surface area contributed by atoms with Crippen LogP contribution in [0.15, 0.2) is 6.20 Å². The molecule has 1 fully saturated rings. The summed E-state index contributed by atoms with van der Waals surface area (Å²) in [5, 5.41) is 11.9. The van der Waals surface area contributed by atoms with Crippen LogP contribution in [0, 0.1) is 0 Å². The highest BCUT2D eigenvalue weighted by Gasteiger charge is 2.24. The normalized spacial score (nSPS) is 16.4. The van der Waals surface area contributed by atoms with E-state index in [1.807, 2.05) is 31.8 Å². The van der Waals surface area contributed by atoms with E-state index in [9.17, 15) is 4.79 Å². The van der Waals surface area contributed by atoms with E-state index in [4.69, 9.17) is 4.74 Å². The Morgan fingerprint density at radius 2 is 2.04 bits per heavy atom. The monoisotopic (exact) mass is 380 g/mol. The molecule has 8 nitrogen and oxygen atoms in total. The van der Waals surface area contributed by atoms with Crippen LogP contribution < -0.4 is 5.32 Å². The van der Waals surface area contributed by atoms with Crippen LogP contribution in [-0.2, 0) is 16.1 Å². The van der Waals surface area contributed by atoms with Gasteiger partial charge in [0.1, 0.15) is 0 Å². The second kappa shape index (κ2) is 10.7. The molecule has 1 aliphatic heterocycles. The minimum absolute atomic E-state index is 0.156. The van der Waals surface area contributed by atoms with E-state index in [1.165, 1.54) is 0 Å². The third-order valence-electron chi connectivity index (χ3n) is 4.84. The van der Waals surface area contributed by atoms with Gasteiger partial charge in [0.05, 0.1) is 37.2 Å². The van der Waals surface area contributed by atoms with Gasteiger partial charge in [-0.15, -0.1) is 5.10 Å². The number of nitrogens with one attached hydrogen (secondary N) is 1. The van der Waals surface area contributed by atoms with Gasteiger partial charge in [-0.25, -0.2) is 4.68 Å². The highest BCUT2D eigenvalue weighted by atomic mass is 16.5. The van der Waals surface area contributed by atoms with Gasteiger partial charge in [0.15, 0.2) is 0 Å². The fourth-order valence-electron chi connectivity index (χ4n) is 3.09. The van der Waals surface area contributed by atoms with Crippen LogP contribution in [0.4, 0.5) is 0 Å². The number of aromatic nitrogens is 3. The van der Waals surface area contributed by atoms with Crippen molar-refractivity contribution in [3.8, 4) is 0 Å². The van der Waals surface area contributed by atoms with Gasteiger partial charge in [0.2, 0.25) is 5.91 Å². The lowest BCUT2D eigenvalue weighted by Crippen LogP contribution is -2.43. The Morgan fingerprint density at radius 3 is 2.67 bits per heavy atom. The zero-order valence-electron chi connectivity index (χ0n) is 17.5. The number of likely N-dealkylation sites (N-methyl/N-ethyl adjacent to an activating group) is 1. The van der Waals surface area contributed by atoms with Crippen molar-refractivity contribution in [2.45, 2.75) is 65.3 Å². The van der Waals surface area contributed by atoms with E-state index in [-0.39, 0.29) is 12.0 Å². The van der Waals surface area contributed by atoms with Crippen LogP contribution in [0.25, 0.3) is 0 Å². The SMILES string of the molecule is CC(C)NCc1cn(C2CCN(CC(=O)N(C)CCOC(C)C)CC2)nn1. The first-order valence-electron chi connectivity index (χ1n) is 10.1. The van der Waals surface area contributed by atoms with Gasteiger partial charge in [-0.3, -0.25) is 9.69 Å². The summed E-state index contributed by atoms with van der Waals surface area (Å²) in [4.78, 5) is 16.4. The minimum atomic E-state index is 0.156. The van der Waals surface area contributed by atoms with E-state index in [1.54, 1.807) is 4.90 Å². The highest BCUT2D eigenvalue weighted by Crippen LogP contribution is 2.21. The number of carbonyl (C=O) groups excluding carboxylic acids is 1. The third kappa shape index (κ3) is 7.56. The summed E-state index contributed by atoms with van der Waals surface area (Å²) >= 11 is 0. The molecule has 0 radical (unpaired) electrons. The standard InChI is InChI=1S/C19H36N6O2/c1-15(2)20-12-17-13-25(22-21-17)18-6-8-24(9-7-18)14-19(26)23(5)10-11-27-16(3)4/h13,15-16,18,20H,6-12,14H2,1-5H3. The maximum atomic E-state index is 12.4. The predicted molar refractivity (Wildman–Crippen MR) is 105 cm³/mol. The van der Waals surface area contributed by atoms with Crippen molar-refractivity contribution in [3.63, 3.8) is 0 Å². The first kappa shape index (κ1) is 21.8. The number of rotatable bonds is 10. The number of nitrogens with zero attached hydrogens (tertiary/aromatic N) is 5. The van der Waals surface area contributed by atoms with E-state index in [0.29, 0.717) is 31.8 Å². The Hall–Kier alpha value is -1.51. The van der Waals surface area contributed by atoms with Gasteiger partial charge < -0.3 is 15.0 Å². The Balaban J connectivity index is 1.71. The number of amides is 1. The fourth-order valence-corrected chi connectivity index (χ4v) is 3.09. The molecule has 0 spiro atoms. The van der Waals surface area contributed by atoms with Crippen LogP contribution in [0.5, 0.6) is 0 Å². The van der Waals surface area contributed by atoms with Gasteiger partial charge in [0.25, 0.3) is 0 Å². The average Bonchev–Trinajstić information content (AvgIpc) is 3.09. The number of carbonyl (C=O) groups is 1. The zero-order valence-corrected chi connectivity index (χ0v) is 17.5. The molecule has 2 heterocycles. The van der Waals surface area contributed by atoms with Gasteiger partial charge in [-0.2, -0.15) is 0 Å². The number of piperidine rings is 1. The summed E-state index contributed by atoms with van der Waals surface area (Å²) in [6, 6.07) is 0.805. The topological polar surface area (TPSA) is 75.5 Å². The molecule has 1 saturated heterocycles. The van der Waals surface area contributed by atoms with Crippen LogP contribution in [0.2, 0.25) is 0 Å². The van der Waals surface area contributed by atoms with Crippen molar-refractivity contribution in [2.24, 2.45) is 0 Å². The van der Waals surface area contributed by atoms with Gasteiger partial charge in [0, 0.05) is 39.3 Å². The lowest BCUT2D eigenvalue weighted by Gasteiger charge is -2.32. The maximum absolute atomic E-state index is 12.4. The first-order valence-corrected chi connectivity index (χ1v) is 10.1. The lowest BCUT2D eigenvalue weighted by atomic mass is 10.1. The molecule has 154 valence electrons. The Kier molecular flexibility index (Phi) is 8.66. The average molecular weight is 381 g/mol. The van der Waals surface area contributed by atoms with Gasteiger partial charge in [-0.05, 0) is 26.7 Å². The largest absolute Gasteiger partial charge is 0.377 e. The maximum Gasteiger partial charge on any atom is 0.236 e. The fraction of sp³-hybridized carbons (Fsp3) is 0.842. The number of ether oxygens (including phenoxy) is 1. The van der Waals surface area contributed by atoms with Crippen LogP contribution in [0.3, 0.4) is 0 Å². The molecule has 0 saturated carbocycles. The summed E-state index contributed by atoms with van der Waals surface area (Å²) in [5.74, 6) is 0.156. The molecule has 1 aromatic heterocycles. The Bertz CT molecular complexity index is 566. The van der Waals surface area contributed by atoms with E-state index in [0.717, 1.165) is 38.2 Å². The molecule has 0 bridgehead atoms. The van der Waals surface area contributed by atoms with Crippen molar-refractivity contribution >= 4 is 5.91 Å². The Labute approximate surface area is 163 Å². The molecular formula is C19H36N6O2. The molecule has 0 atom stereocenters. The van der Waals surface area contributed by atoms with Crippen LogP contribution in [0.1, 0.15) is 52.3 Å². The zero-order chi connectivity index (χ0) is 19.8. The van der Waals surface area contributed by atoms with Crippen LogP contribution >= 0.6 is 0 Å². The van der Waals surface area contributed by atoms with Crippen molar-refractivity contribution < 1.29 is 9.53 Å². The molecular weight excluding hydrogens is 344 g/mol. The summed E-state index contributed by atoms with van der Waals surface area (Å²) in [5.41, 5.74) is 0.978. The molecule has 0 unspecified atom stereocenters. The van der Waals surface area contributed by atoms with Crippen molar-refractivity contribution in [1.29, 1.82) is 0 Å². The lowest BCUT2D eigenvalue weighted by molar-refractivity contribution is -0.132. The molecule has 1 N–H and O–H groups in total. The quantitative estimate of drug-likeness (QED) is 0.659. The van der Waals surface area contributed by atoms with E-state index >= 15 is 0 Å². The molecule has 27 heavy (non-hydrogen) atoms. The number of hydrogen-bond donors (Lipinski definition) is 1. The van der Waals surface area contributed by atoms with Gasteiger partial charge in [-0.1, -0.05) is 19.1 Å². The molecule has 1 aromatic rings. The summed E-state index contributed by atoms with van der Waals surface area (Å²) < 4.78 is 7.51. The number of hydrogen-bond acceptors (Lipinski definition) is 6. The van der Waals surface area contributed by atoms with E-state index < -0.39 is 0 Å². The summed E-state index contributed by atoms with van der Waals surface area (Å²) in [7, 11) is 1.85. The third-order valence-corrected chi connectivity index (χ3v) is 4.84. The molecule has 2 rings (SSSR count). The van der Waals surface area contributed by atoms with E-state index in [2.05, 4.69) is 34.4 Å². The van der Waals surface area contributed by atoms with Crippen LogP contribution in [-0.4, -0.2) is 82.7 Å². The molecule has 1 amide bonds. The van der Waals surface area contributed by atoms with Crippen molar-refractivity contribution in [2.75, 3.05) is 39.8 Å².